The van der Waals surface area contributed by atoms with Crippen molar-refractivity contribution in [2.24, 2.45) is 0 Å². The Morgan fingerprint density at radius 3 is 2.78 bits per heavy atom. The molecule has 0 radical (unpaired) electrons. The second kappa shape index (κ2) is 8.85. The maximum atomic E-state index is 12.1. The highest BCUT2D eigenvalue weighted by atomic mass is 35.5. The molecular formula is C18H21ClN4O4. The van der Waals surface area contributed by atoms with Crippen LogP contribution in [-0.2, 0) is 9.53 Å². The van der Waals surface area contributed by atoms with E-state index in [9.17, 15) is 9.59 Å². The SMILES string of the molecule is CCOC(=O)CNC(=O)N1CCC(c2nc(-c3ccccc3Cl)no2)CC1. The van der Waals surface area contributed by atoms with Gasteiger partial charge in [0.1, 0.15) is 6.54 Å². The van der Waals surface area contributed by atoms with E-state index in [4.69, 9.17) is 20.9 Å². The monoisotopic (exact) mass is 392 g/mol. The first kappa shape index (κ1) is 19.2. The molecule has 2 heterocycles. The molecule has 0 spiro atoms. The van der Waals surface area contributed by atoms with Crippen LogP contribution in [0.4, 0.5) is 4.79 Å². The summed E-state index contributed by atoms with van der Waals surface area (Å²) >= 11 is 6.17. The van der Waals surface area contributed by atoms with E-state index >= 15 is 0 Å². The molecular weight excluding hydrogens is 372 g/mol. The molecule has 27 heavy (non-hydrogen) atoms. The lowest BCUT2D eigenvalue weighted by atomic mass is 9.97. The Bertz CT molecular complexity index is 802. The third-order valence-electron chi connectivity index (χ3n) is 4.38. The lowest BCUT2D eigenvalue weighted by Crippen LogP contribution is -2.45. The van der Waals surface area contributed by atoms with E-state index in [1.807, 2.05) is 18.2 Å². The number of hydrogen-bond acceptors (Lipinski definition) is 6. The van der Waals surface area contributed by atoms with Gasteiger partial charge in [-0.25, -0.2) is 4.79 Å². The van der Waals surface area contributed by atoms with Crippen LogP contribution in [0.5, 0.6) is 0 Å². The molecule has 1 saturated heterocycles. The van der Waals surface area contributed by atoms with Gasteiger partial charge in [-0.3, -0.25) is 4.79 Å². The van der Waals surface area contributed by atoms with Crippen LogP contribution in [0.15, 0.2) is 28.8 Å². The van der Waals surface area contributed by atoms with Crippen LogP contribution in [0.1, 0.15) is 31.6 Å². The van der Waals surface area contributed by atoms with E-state index < -0.39 is 5.97 Å². The zero-order valence-electron chi connectivity index (χ0n) is 15.0. The minimum absolute atomic E-state index is 0.0860. The van der Waals surface area contributed by atoms with Crippen molar-refractivity contribution in [1.82, 2.24) is 20.4 Å². The number of aromatic nitrogens is 2. The molecule has 1 aliphatic heterocycles. The van der Waals surface area contributed by atoms with Gasteiger partial charge in [-0.2, -0.15) is 4.98 Å². The number of carbonyl (C=O) groups excluding carboxylic acids is 2. The van der Waals surface area contributed by atoms with Crippen LogP contribution in [0.3, 0.4) is 0 Å². The van der Waals surface area contributed by atoms with Gasteiger partial charge < -0.3 is 19.5 Å². The molecule has 0 atom stereocenters. The number of amides is 2. The van der Waals surface area contributed by atoms with Crippen molar-refractivity contribution >= 4 is 23.6 Å². The third-order valence-corrected chi connectivity index (χ3v) is 4.71. The van der Waals surface area contributed by atoms with Gasteiger partial charge in [-0.15, -0.1) is 0 Å². The molecule has 0 unspecified atom stereocenters. The summed E-state index contributed by atoms with van der Waals surface area (Å²) in [6, 6.07) is 7.05. The maximum Gasteiger partial charge on any atom is 0.325 e. The van der Waals surface area contributed by atoms with Gasteiger partial charge >= 0.3 is 12.0 Å². The second-order valence-electron chi connectivity index (χ2n) is 6.16. The Morgan fingerprint density at radius 1 is 1.33 bits per heavy atom. The zero-order valence-corrected chi connectivity index (χ0v) is 15.7. The summed E-state index contributed by atoms with van der Waals surface area (Å²) in [5, 5.41) is 7.17. The Balaban J connectivity index is 1.53. The van der Waals surface area contributed by atoms with E-state index in [-0.39, 0.29) is 18.5 Å². The van der Waals surface area contributed by atoms with Crippen molar-refractivity contribution in [3.8, 4) is 11.4 Å². The average molecular weight is 393 g/mol. The van der Waals surface area contributed by atoms with Crippen LogP contribution in [-0.4, -0.2) is 53.3 Å². The summed E-state index contributed by atoms with van der Waals surface area (Å²) in [5.41, 5.74) is 0.727. The van der Waals surface area contributed by atoms with E-state index in [1.54, 1.807) is 17.9 Å². The van der Waals surface area contributed by atoms with Crippen molar-refractivity contribution in [2.45, 2.75) is 25.7 Å². The van der Waals surface area contributed by atoms with Gasteiger partial charge in [0.25, 0.3) is 0 Å². The lowest BCUT2D eigenvalue weighted by Gasteiger charge is -2.30. The highest BCUT2D eigenvalue weighted by molar-refractivity contribution is 6.33. The molecule has 0 saturated carbocycles. The summed E-state index contributed by atoms with van der Waals surface area (Å²) in [4.78, 5) is 29.6. The number of hydrogen-bond donors (Lipinski definition) is 1. The molecule has 1 aromatic heterocycles. The number of urea groups is 1. The minimum atomic E-state index is -0.446. The fraction of sp³-hybridized carbons (Fsp3) is 0.444. The molecule has 1 N–H and O–H groups in total. The van der Waals surface area contributed by atoms with E-state index in [0.29, 0.717) is 49.3 Å². The second-order valence-corrected chi connectivity index (χ2v) is 6.57. The molecule has 9 heteroatoms. The topological polar surface area (TPSA) is 97.6 Å². The Kier molecular flexibility index (Phi) is 6.28. The smallest absolute Gasteiger partial charge is 0.325 e. The van der Waals surface area contributed by atoms with Gasteiger partial charge in [0.05, 0.1) is 11.6 Å². The predicted molar refractivity (Wildman–Crippen MR) is 98.3 cm³/mol. The maximum absolute atomic E-state index is 12.1. The highest BCUT2D eigenvalue weighted by Gasteiger charge is 2.28. The lowest BCUT2D eigenvalue weighted by molar-refractivity contribution is -0.141. The van der Waals surface area contributed by atoms with Crippen LogP contribution < -0.4 is 5.32 Å². The van der Waals surface area contributed by atoms with E-state index in [0.717, 1.165) is 5.56 Å². The molecule has 8 nitrogen and oxygen atoms in total. The van der Waals surface area contributed by atoms with Crippen LogP contribution in [0.25, 0.3) is 11.4 Å². The quantitative estimate of drug-likeness (QED) is 0.786. The summed E-state index contributed by atoms with van der Waals surface area (Å²) in [5.74, 6) is 0.656. The number of esters is 1. The number of carbonyl (C=O) groups is 2. The Hall–Kier alpha value is -2.61. The van der Waals surface area contributed by atoms with Gasteiger partial charge in [-0.1, -0.05) is 28.9 Å². The van der Waals surface area contributed by atoms with Gasteiger partial charge in [0, 0.05) is 24.6 Å². The average Bonchev–Trinajstić information content (AvgIpc) is 3.17. The van der Waals surface area contributed by atoms with Crippen molar-refractivity contribution < 1.29 is 18.8 Å². The minimum Gasteiger partial charge on any atom is -0.465 e. The predicted octanol–water partition coefficient (Wildman–Crippen LogP) is 2.84. The first-order valence-corrected chi connectivity index (χ1v) is 9.23. The van der Waals surface area contributed by atoms with Crippen molar-refractivity contribution in [1.29, 1.82) is 0 Å². The van der Waals surface area contributed by atoms with Gasteiger partial charge in [-0.05, 0) is 31.9 Å². The van der Waals surface area contributed by atoms with Gasteiger partial charge in [0.15, 0.2) is 0 Å². The largest absolute Gasteiger partial charge is 0.465 e. The van der Waals surface area contributed by atoms with E-state index in [2.05, 4.69) is 15.5 Å². The number of rotatable bonds is 5. The normalized spacial score (nSPS) is 14.8. The summed E-state index contributed by atoms with van der Waals surface area (Å²) in [6.45, 7) is 2.98. The molecule has 3 rings (SSSR count). The first-order chi connectivity index (χ1) is 13.1. The summed E-state index contributed by atoms with van der Waals surface area (Å²) < 4.78 is 10.2. The highest BCUT2D eigenvalue weighted by Crippen LogP contribution is 2.30. The number of ether oxygens (including phenoxy) is 1. The molecule has 2 aromatic rings. The molecule has 0 aliphatic carbocycles. The number of benzene rings is 1. The molecule has 1 aliphatic rings. The first-order valence-electron chi connectivity index (χ1n) is 8.85. The van der Waals surface area contributed by atoms with Crippen LogP contribution >= 0.6 is 11.6 Å². The fourth-order valence-corrected chi connectivity index (χ4v) is 3.17. The van der Waals surface area contributed by atoms with Crippen LogP contribution in [0, 0.1) is 0 Å². The molecule has 0 bridgehead atoms. The van der Waals surface area contributed by atoms with Gasteiger partial charge in [0.2, 0.25) is 11.7 Å². The molecule has 1 aromatic carbocycles. The number of nitrogens with one attached hydrogen (secondary N) is 1. The standard InChI is InChI=1S/C18H21ClN4O4/c1-2-26-15(24)11-20-18(25)23-9-7-12(8-10-23)17-21-16(22-27-17)13-5-3-4-6-14(13)19/h3-6,12H,2,7-11H2,1H3,(H,20,25). The van der Waals surface area contributed by atoms with Crippen molar-refractivity contribution in [2.75, 3.05) is 26.2 Å². The van der Waals surface area contributed by atoms with E-state index in [1.165, 1.54) is 0 Å². The van der Waals surface area contributed by atoms with Crippen molar-refractivity contribution in [3.63, 3.8) is 0 Å². The molecule has 2 amide bonds. The Labute approximate surface area is 161 Å². The number of piperidine rings is 1. The van der Waals surface area contributed by atoms with Crippen LogP contribution in [0.2, 0.25) is 5.02 Å². The molecule has 1 fully saturated rings. The summed E-state index contributed by atoms with van der Waals surface area (Å²) in [6.07, 6.45) is 1.41. The zero-order chi connectivity index (χ0) is 19.2. The number of nitrogens with zero attached hydrogens (tertiary/aromatic N) is 3. The number of likely N-dealkylation sites (tertiary alicyclic amines) is 1. The Morgan fingerprint density at radius 2 is 2.07 bits per heavy atom. The third kappa shape index (κ3) is 4.77. The summed E-state index contributed by atoms with van der Waals surface area (Å²) in [7, 11) is 0. The number of halogens is 1. The van der Waals surface area contributed by atoms with Crippen molar-refractivity contribution in [3.05, 3.63) is 35.2 Å². The molecule has 144 valence electrons. The fourth-order valence-electron chi connectivity index (χ4n) is 2.95.